The molecule has 0 aromatic heterocycles. The fraction of sp³-hybridized carbons (Fsp3) is 0.647. The molecule has 0 aromatic rings. The van der Waals surface area contributed by atoms with Gasteiger partial charge in [-0.25, -0.2) is 5.06 Å². The lowest BCUT2D eigenvalue weighted by atomic mass is 10.0. The molecule has 0 saturated heterocycles. The molecule has 0 rings (SSSR count). The van der Waals surface area contributed by atoms with Gasteiger partial charge >= 0.3 is 11.9 Å². The second-order valence-corrected chi connectivity index (χ2v) is 11.2. The van der Waals surface area contributed by atoms with E-state index >= 15 is 0 Å². The van der Waals surface area contributed by atoms with Crippen LogP contribution in [-0.2, 0) is 23.6 Å². The molecule has 0 saturated carbocycles. The van der Waals surface area contributed by atoms with Crippen molar-refractivity contribution in [1.29, 1.82) is 0 Å². The zero-order chi connectivity index (χ0) is 19.1. The average Bonchev–Trinajstić information content (AvgIpc) is 2.49. The van der Waals surface area contributed by atoms with Crippen LogP contribution in [0.2, 0.25) is 19.6 Å². The molecule has 0 heterocycles. The van der Waals surface area contributed by atoms with Gasteiger partial charge in [0.1, 0.15) is 0 Å². The molecule has 0 aliphatic carbocycles. The van der Waals surface area contributed by atoms with Gasteiger partial charge in [-0.1, -0.05) is 0 Å². The second kappa shape index (κ2) is 9.63. The van der Waals surface area contributed by atoms with E-state index in [0.717, 1.165) is 11.1 Å². The molecule has 0 amide bonds. The van der Waals surface area contributed by atoms with Gasteiger partial charge in [-0.15, -0.1) is 0 Å². The van der Waals surface area contributed by atoms with Gasteiger partial charge in [-0.2, -0.15) is 0 Å². The number of nitrogens with zero attached hydrogens (tertiary/aromatic N) is 1. The minimum atomic E-state index is -1.89. The van der Waals surface area contributed by atoms with Crippen LogP contribution in [-0.4, -0.2) is 39.5 Å². The third-order valence-electron chi connectivity index (χ3n) is 3.52. The first kappa shape index (κ1) is 22.4. The molecule has 0 aliphatic heterocycles. The van der Waals surface area contributed by atoms with Crippen LogP contribution in [0.15, 0.2) is 23.5 Å². The van der Waals surface area contributed by atoms with E-state index < -0.39 is 8.32 Å². The van der Waals surface area contributed by atoms with Crippen LogP contribution in [0.25, 0.3) is 0 Å². The van der Waals surface area contributed by atoms with Gasteiger partial charge < -0.3 is 14.0 Å². The fourth-order valence-corrected chi connectivity index (χ4v) is 2.49. The van der Waals surface area contributed by atoms with Gasteiger partial charge in [0.15, 0.2) is 0 Å². The molecule has 7 heteroatoms. The van der Waals surface area contributed by atoms with Crippen LogP contribution < -0.4 is 0 Å². The molecule has 0 radical (unpaired) electrons. The summed E-state index contributed by atoms with van der Waals surface area (Å²) in [6, 6.07) is 0. The summed E-state index contributed by atoms with van der Waals surface area (Å²) in [6.07, 6.45) is 3.51. The van der Waals surface area contributed by atoms with E-state index in [2.05, 4.69) is 19.6 Å². The Hall–Kier alpha value is -1.60. The maximum absolute atomic E-state index is 11.7. The van der Waals surface area contributed by atoms with E-state index in [1.54, 1.807) is 31.3 Å². The summed E-state index contributed by atoms with van der Waals surface area (Å²) < 4.78 is 15.6. The highest BCUT2D eigenvalue weighted by Gasteiger charge is 2.22. The predicted molar refractivity (Wildman–Crippen MR) is 96.1 cm³/mol. The lowest BCUT2D eigenvalue weighted by Gasteiger charge is -2.27. The Morgan fingerprint density at radius 2 is 1.21 bits per heavy atom. The van der Waals surface area contributed by atoms with E-state index in [1.165, 1.54) is 14.2 Å². The number of esters is 2. The lowest BCUT2D eigenvalue weighted by molar-refractivity contribution is -0.144. The molecule has 0 fully saturated rings. The van der Waals surface area contributed by atoms with Crippen molar-refractivity contribution in [2.45, 2.75) is 47.3 Å². The molecule has 0 spiro atoms. The Morgan fingerprint density at radius 1 is 0.875 bits per heavy atom. The van der Waals surface area contributed by atoms with Crippen molar-refractivity contribution < 1.29 is 23.6 Å². The highest BCUT2D eigenvalue weighted by atomic mass is 28.4. The predicted octanol–water partition coefficient (Wildman–Crippen LogP) is 3.48. The Balaban J connectivity index is 5.54. The Labute approximate surface area is 146 Å². The zero-order valence-electron chi connectivity index (χ0n) is 16.3. The number of methoxy groups -OCH3 is 2. The van der Waals surface area contributed by atoms with Crippen LogP contribution in [0.3, 0.4) is 0 Å². The fourth-order valence-electron chi connectivity index (χ4n) is 1.76. The summed E-state index contributed by atoms with van der Waals surface area (Å²) in [5, 5.41) is 1.59. The number of carbonyl (C=O) groups is 2. The highest BCUT2D eigenvalue weighted by molar-refractivity contribution is 6.69. The van der Waals surface area contributed by atoms with Crippen LogP contribution in [0, 0.1) is 11.8 Å². The van der Waals surface area contributed by atoms with Crippen molar-refractivity contribution in [2.75, 3.05) is 14.2 Å². The molecular formula is C17H31NO5Si. The van der Waals surface area contributed by atoms with Gasteiger partial charge in [0.05, 0.1) is 26.1 Å². The molecule has 2 atom stereocenters. The van der Waals surface area contributed by atoms with Gasteiger partial charge in [0.2, 0.25) is 8.32 Å². The summed E-state index contributed by atoms with van der Waals surface area (Å²) >= 11 is 0. The van der Waals surface area contributed by atoms with Gasteiger partial charge in [-0.3, -0.25) is 9.59 Å². The van der Waals surface area contributed by atoms with Crippen molar-refractivity contribution in [3.63, 3.8) is 0 Å². The summed E-state index contributed by atoms with van der Waals surface area (Å²) in [4.78, 5) is 23.4. The van der Waals surface area contributed by atoms with E-state index in [9.17, 15) is 9.59 Å². The number of carbonyl (C=O) groups excluding carboxylic acids is 2. The maximum Gasteiger partial charge on any atom is 0.312 e. The first-order valence-electron chi connectivity index (χ1n) is 7.92. The average molecular weight is 358 g/mol. The quantitative estimate of drug-likeness (QED) is 0.376. The molecule has 2 unspecified atom stereocenters. The molecule has 0 bridgehead atoms. The van der Waals surface area contributed by atoms with Crippen LogP contribution >= 0.6 is 0 Å². The smallest absolute Gasteiger partial charge is 0.312 e. The van der Waals surface area contributed by atoms with Gasteiger partial charge in [0.25, 0.3) is 0 Å². The van der Waals surface area contributed by atoms with Crippen molar-refractivity contribution in [3.05, 3.63) is 23.5 Å². The van der Waals surface area contributed by atoms with Gasteiger partial charge in [0, 0.05) is 12.4 Å². The normalized spacial score (nSPS) is 15.5. The van der Waals surface area contributed by atoms with E-state index in [1.807, 2.05) is 13.8 Å². The Bertz CT molecular complexity index is 470. The molecule has 0 aromatic carbocycles. The van der Waals surface area contributed by atoms with E-state index in [-0.39, 0.29) is 23.8 Å². The number of hydrogen-bond acceptors (Lipinski definition) is 6. The topological polar surface area (TPSA) is 65.1 Å². The third kappa shape index (κ3) is 7.78. The summed E-state index contributed by atoms with van der Waals surface area (Å²) in [5.41, 5.74) is 1.60. The lowest BCUT2D eigenvalue weighted by Crippen LogP contribution is -2.33. The van der Waals surface area contributed by atoms with Crippen molar-refractivity contribution in [2.24, 2.45) is 11.8 Å². The summed E-state index contributed by atoms with van der Waals surface area (Å²) in [5.74, 6) is -1.37. The van der Waals surface area contributed by atoms with Crippen LogP contribution in [0.5, 0.6) is 0 Å². The van der Waals surface area contributed by atoms with E-state index in [4.69, 9.17) is 14.0 Å². The molecule has 6 nitrogen and oxygen atoms in total. The van der Waals surface area contributed by atoms with Crippen molar-refractivity contribution >= 4 is 20.3 Å². The second-order valence-electron chi connectivity index (χ2n) is 6.80. The monoisotopic (exact) mass is 357 g/mol. The number of hydrogen-bond donors (Lipinski definition) is 0. The summed E-state index contributed by atoms with van der Waals surface area (Å²) in [7, 11) is 0.841. The first-order valence-corrected chi connectivity index (χ1v) is 11.3. The van der Waals surface area contributed by atoms with Crippen LogP contribution in [0.4, 0.5) is 0 Å². The molecule has 0 N–H and O–H groups in total. The number of rotatable bonds is 8. The van der Waals surface area contributed by atoms with Crippen molar-refractivity contribution in [1.82, 2.24) is 5.06 Å². The van der Waals surface area contributed by atoms with Crippen molar-refractivity contribution in [3.8, 4) is 0 Å². The molecule has 24 heavy (non-hydrogen) atoms. The molecule has 138 valence electrons. The molecule has 0 aliphatic rings. The maximum atomic E-state index is 11.7. The zero-order valence-corrected chi connectivity index (χ0v) is 17.3. The number of hydroxylamine groups is 2. The molecular weight excluding hydrogens is 326 g/mol. The number of ether oxygens (including phenoxy) is 2. The highest BCUT2D eigenvalue weighted by Crippen LogP contribution is 2.19. The Morgan fingerprint density at radius 3 is 1.46 bits per heavy atom. The first-order chi connectivity index (χ1) is 10.9. The summed E-state index contributed by atoms with van der Waals surface area (Å²) in [6.45, 7) is 13.4. The van der Waals surface area contributed by atoms with E-state index in [0.29, 0.717) is 0 Å². The van der Waals surface area contributed by atoms with Crippen LogP contribution in [0.1, 0.15) is 27.7 Å². The SMILES string of the molecule is COC(=O)C(C)/C(C)=C\N(/C=C(/C)C(C)C(=O)OC)O[Si](C)(C)C. The minimum absolute atomic E-state index is 0.305. The largest absolute Gasteiger partial charge is 0.469 e. The standard InChI is InChI=1S/C17H31NO5Si/c1-12(14(3)16(19)21-5)10-18(23-24(7,8)9)11-13(2)15(4)17(20)22-6/h10-11,14-15H,1-9H3/b12-10-,13-11-. The van der Waals surface area contributed by atoms with Gasteiger partial charge in [-0.05, 0) is 58.5 Å². The minimum Gasteiger partial charge on any atom is -0.469 e. The Kier molecular flexibility index (Phi) is 8.99. The third-order valence-corrected chi connectivity index (χ3v) is 4.28.